The fourth-order valence-corrected chi connectivity index (χ4v) is 2.28. The topological polar surface area (TPSA) is 56.8 Å². The standard InChI is InChI=1S/C14H30N4O2/c1-14(2,18-8-6-17(3)7-9-18)12-16-13(19)11-15-5-10-20-4/h15H,5-12H2,1-4H3,(H,16,19). The molecule has 0 spiro atoms. The maximum atomic E-state index is 11.7. The van der Waals surface area contributed by atoms with Crippen LogP contribution in [0.25, 0.3) is 0 Å². The van der Waals surface area contributed by atoms with Crippen molar-refractivity contribution < 1.29 is 9.53 Å². The Balaban J connectivity index is 2.23. The molecule has 2 N–H and O–H groups in total. The molecule has 1 amide bonds. The van der Waals surface area contributed by atoms with Gasteiger partial charge in [0.15, 0.2) is 0 Å². The number of methoxy groups -OCH3 is 1. The van der Waals surface area contributed by atoms with Crippen molar-refractivity contribution in [1.82, 2.24) is 20.4 Å². The average Bonchev–Trinajstić information content (AvgIpc) is 2.42. The summed E-state index contributed by atoms with van der Waals surface area (Å²) < 4.78 is 4.92. The van der Waals surface area contributed by atoms with Gasteiger partial charge in [-0.1, -0.05) is 0 Å². The molecule has 1 aliphatic heterocycles. The normalized spacial score (nSPS) is 18.2. The van der Waals surface area contributed by atoms with E-state index in [0.29, 0.717) is 26.2 Å². The second kappa shape index (κ2) is 8.56. The predicted octanol–water partition coefficient (Wildman–Crippen LogP) is -0.635. The van der Waals surface area contributed by atoms with Gasteiger partial charge in [0.2, 0.25) is 5.91 Å². The smallest absolute Gasteiger partial charge is 0.234 e. The Morgan fingerprint density at radius 1 is 1.25 bits per heavy atom. The number of carbonyl (C=O) groups excluding carboxylic acids is 1. The Labute approximate surface area is 122 Å². The second-order valence-corrected chi connectivity index (χ2v) is 6.05. The third-order valence-corrected chi connectivity index (χ3v) is 3.85. The number of nitrogens with zero attached hydrogens (tertiary/aromatic N) is 2. The Hall–Kier alpha value is -0.690. The third-order valence-electron chi connectivity index (χ3n) is 3.85. The molecule has 1 rings (SSSR count). The minimum absolute atomic E-state index is 0.00342. The molecule has 0 atom stereocenters. The van der Waals surface area contributed by atoms with Crippen LogP contribution in [0.1, 0.15) is 13.8 Å². The summed E-state index contributed by atoms with van der Waals surface area (Å²) >= 11 is 0. The van der Waals surface area contributed by atoms with E-state index < -0.39 is 0 Å². The molecular formula is C14H30N4O2. The van der Waals surface area contributed by atoms with Gasteiger partial charge >= 0.3 is 0 Å². The maximum absolute atomic E-state index is 11.7. The molecule has 0 aromatic rings. The molecule has 6 heteroatoms. The molecule has 1 saturated heterocycles. The molecule has 0 aromatic heterocycles. The lowest BCUT2D eigenvalue weighted by Crippen LogP contribution is -2.58. The zero-order chi connectivity index (χ0) is 15.0. The number of nitrogens with one attached hydrogen (secondary N) is 2. The van der Waals surface area contributed by atoms with Crippen LogP contribution >= 0.6 is 0 Å². The highest BCUT2D eigenvalue weighted by molar-refractivity contribution is 5.78. The van der Waals surface area contributed by atoms with Crippen LogP contribution in [0.4, 0.5) is 0 Å². The summed E-state index contributed by atoms with van der Waals surface area (Å²) in [5.74, 6) is 0.0447. The molecule has 0 unspecified atom stereocenters. The highest BCUT2D eigenvalue weighted by Crippen LogP contribution is 2.15. The van der Waals surface area contributed by atoms with Gasteiger partial charge in [-0.2, -0.15) is 0 Å². The number of hydrogen-bond donors (Lipinski definition) is 2. The van der Waals surface area contributed by atoms with Gasteiger partial charge in [-0.05, 0) is 20.9 Å². The van der Waals surface area contributed by atoms with Gasteiger partial charge in [-0.3, -0.25) is 9.69 Å². The first kappa shape index (κ1) is 17.4. The molecular weight excluding hydrogens is 256 g/mol. The summed E-state index contributed by atoms with van der Waals surface area (Å²) in [4.78, 5) is 16.5. The van der Waals surface area contributed by atoms with E-state index in [9.17, 15) is 4.79 Å². The van der Waals surface area contributed by atoms with Crippen LogP contribution in [0.5, 0.6) is 0 Å². The average molecular weight is 286 g/mol. The van der Waals surface area contributed by atoms with Gasteiger partial charge in [-0.15, -0.1) is 0 Å². The summed E-state index contributed by atoms with van der Waals surface area (Å²) in [5, 5.41) is 6.06. The van der Waals surface area contributed by atoms with Crippen molar-refractivity contribution in [2.24, 2.45) is 0 Å². The Morgan fingerprint density at radius 3 is 2.50 bits per heavy atom. The first-order valence-corrected chi connectivity index (χ1v) is 7.35. The zero-order valence-electron chi connectivity index (χ0n) is 13.4. The van der Waals surface area contributed by atoms with Crippen molar-refractivity contribution in [1.29, 1.82) is 0 Å². The van der Waals surface area contributed by atoms with E-state index in [0.717, 1.165) is 26.2 Å². The Bertz CT molecular complexity index is 289. The van der Waals surface area contributed by atoms with Gasteiger partial charge in [0.05, 0.1) is 13.2 Å². The van der Waals surface area contributed by atoms with E-state index in [2.05, 4.69) is 41.3 Å². The van der Waals surface area contributed by atoms with Crippen molar-refractivity contribution in [3.05, 3.63) is 0 Å². The molecule has 0 bridgehead atoms. The van der Waals surface area contributed by atoms with Gasteiger partial charge in [0.1, 0.15) is 0 Å². The first-order chi connectivity index (χ1) is 9.45. The SMILES string of the molecule is COCCNCC(=O)NCC(C)(C)N1CCN(C)CC1. The largest absolute Gasteiger partial charge is 0.383 e. The number of carbonyl (C=O) groups is 1. The van der Waals surface area contributed by atoms with Crippen molar-refractivity contribution in [3.8, 4) is 0 Å². The predicted molar refractivity (Wildman–Crippen MR) is 80.9 cm³/mol. The quantitative estimate of drug-likeness (QED) is 0.582. The van der Waals surface area contributed by atoms with E-state index in [1.165, 1.54) is 0 Å². The van der Waals surface area contributed by atoms with E-state index in [4.69, 9.17) is 4.74 Å². The molecule has 0 aliphatic carbocycles. The molecule has 20 heavy (non-hydrogen) atoms. The molecule has 1 fully saturated rings. The fourth-order valence-electron chi connectivity index (χ4n) is 2.28. The van der Waals surface area contributed by atoms with Gasteiger partial charge < -0.3 is 20.3 Å². The summed E-state index contributed by atoms with van der Waals surface area (Å²) in [7, 11) is 3.80. The van der Waals surface area contributed by atoms with Gasteiger partial charge in [0.25, 0.3) is 0 Å². The minimum atomic E-state index is 0.00342. The number of amides is 1. The summed E-state index contributed by atoms with van der Waals surface area (Å²) in [6.45, 7) is 11.0. The van der Waals surface area contributed by atoms with Crippen molar-refractivity contribution in [2.45, 2.75) is 19.4 Å². The zero-order valence-corrected chi connectivity index (χ0v) is 13.4. The van der Waals surface area contributed by atoms with Crippen LogP contribution in [-0.4, -0.2) is 87.8 Å². The molecule has 1 heterocycles. The highest BCUT2D eigenvalue weighted by atomic mass is 16.5. The van der Waals surface area contributed by atoms with Crippen molar-refractivity contribution in [2.75, 3.05) is 66.6 Å². The first-order valence-electron chi connectivity index (χ1n) is 7.35. The van der Waals surface area contributed by atoms with E-state index in [-0.39, 0.29) is 11.4 Å². The number of rotatable bonds is 8. The van der Waals surface area contributed by atoms with Crippen LogP contribution in [-0.2, 0) is 9.53 Å². The number of likely N-dealkylation sites (N-methyl/N-ethyl adjacent to an activating group) is 1. The fraction of sp³-hybridized carbons (Fsp3) is 0.929. The van der Waals surface area contributed by atoms with Crippen molar-refractivity contribution in [3.63, 3.8) is 0 Å². The van der Waals surface area contributed by atoms with E-state index >= 15 is 0 Å². The number of piperazine rings is 1. The monoisotopic (exact) mass is 286 g/mol. The van der Waals surface area contributed by atoms with Crippen LogP contribution in [0, 0.1) is 0 Å². The lowest BCUT2D eigenvalue weighted by atomic mass is 10.0. The van der Waals surface area contributed by atoms with Crippen LogP contribution in [0.2, 0.25) is 0 Å². The molecule has 0 radical (unpaired) electrons. The summed E-state index contributed by atoms with van der Waals surface area (Å²) in [5.41, 5.74) is 0.00342. The summed E-state index contributed by atoms with van der Waals surface area (Å²) in [6.07, 6.45) is 0. The second-order valence-electron chi connectivity index (χ2n) is 6.05. The molecule has 0 aromatic carbocycles. The van der Waals surface area contributed by atoms with Crippen LogP contribution < -0.4 is 10.6 Å². The molecule has 6 nitrogen and oxygen atoms in total. The molecule has 0 saturated carbocycles. The highest BCUT2D eigenvalue weighted by Gasteiger charge is 2.29. The molecule has 1 aliphatic rings. The third kappa shape index (κ3) is 6.17. The lowest BCUT2D eigenvalue weighted by Gasteiger charge is -2.43. The maximum Gasteiger partial charge on any atom is 0.234 e. The van der Waals surface area contributed by atoms with Gasteiger partial charge in [-0.25, -0.2) is 0 Å². The van der Waals surface area contributed by atoms with Gasteiger partial charge in [0, 0.05) is 51.9 Å². The minimum Gasteiger partial charge on any atom is -0.383 e. The van der Waals surface area contributed by atoms with Crippen LogP contribution in [0.15, 0.2) is 0 Å². The van der Waals surface area contributed by atoms with E-state index in [1.807, 2.05) is 0 Å². The molecule has 118 valence electrons. The van der Waals surface area contributed by atoms with E-state index in [1.54, 1.807) is 7.11 Å². The summed E-state index contributed by atoms with van der Waals surface area (Å²) in [6, 6.07) is 0. The van der Waals surface area contributed by atoms with Crippen molar-refractivity contribution >= 4 is 5.91 Å². The number of hydrogen-bond acceptors (Lipinski definition) is 5. The Kier molecular flexibility index (Phi) is 7.43. The lowest BCUT2D eigenvalue weighted by molar-refractivity contribution is -0.120. The van der Waals surface area contributed by atoms with Crippen LogP contribution in [0.3, 0.4) is 0 Å². The number of ether oxygens (including phenoxy) is 1. The Morgan fingerprint density at radius 2 is 1.90 bits per heavy atom.